The molecule has 0 radical (unpaired) electrons. The van der Waals surface area contributed by atoms with E-state index in [1.165, 1.54) is 4.68 Å². The second-order valence-corrected chi connectivity index (χ2v) is 5.46. The first-order valence-corrected chi connectivity index (χ1v) is 7.42. The van der Waals surface area contributed by atoms with Crippen LogP contribution in [0.3, 0.4) is 0 Å². The number of likely N-dealkylation sites (tertiary alicyclic amines) is 1. The van der Waals surface area contributed by atoms with Crippen LogP contribution in [0, 0.1) is 0 Å². The maximum Gasteiger partial charge on any atom is 0.323 e. The van der Waals surface area contributed by atoms with E-state index in [1.807, 2.05) is 0 Å². The predicted octanol–water partition coefficient (Wildman–Crippen LogP) is 1.91. The minimum atomic E-state index is -0.256. The number of aliphatic hydroxyl groups excluding tert-OH is 1. The van der Waals surface area contributed by atoms with Crippen LogP contribution in [0.25, 0.3) is 5.82 Å². The molecule has 1 aliphatic rings. The molecule has 7 nitrogen and oxygen atoms in total. The van der Waals surface area contributed by atoms with E-state index in [0.29, 0.717) is 23.2 Å². The van der Waals surface area contributed by atoms with Crippen LogP contribution in [0.1, 0.15) is 12.8 Å². The molecule has 22 heavy (non-hydrogen) atoms. The molecule has 3 rings (SSSR count). The Hall–Kier alpha value is -2.12. The van der Waals surface area contributed by atoms with Crippen molar-refractivity contribution in [2.45, 2.75) is 18.9 Å². The molecule has 116 valence electrons. The summed E-state index contributed by atoms with van der Waals surface area (Å²) >= 11 is 6.07. The fourth-order valence-corrected chi connectivity index (χ4v) is 2.74. The average molecular weight is 322 g/mol. The molecule has 0 unspecified atom stereocenters. The molecule has 3 heterocycles. The summed E-state index contributed by atoms with van der Waals surface area (Å²) in [6, 6.07) is 4.76. The number of carbonyl (C=O) groups excluding carboxylic acids is 1. The van der Waals surface area contributed by atoms with Gasteiger partial charge in [0.15, 0.2) is 11.6 Å². The zero-order valence-corrected chi connectivity index (χ0v) is 12.6. The number of pyridine rings is 1. The van der Waals surface area contributed by atoms with E-state index in [0.717, 1.165) is 12.8 Å². The minimum Gasteiger partial charge on any atom is -0.394 e. The first-order chi connectivity index (χ1) is 10.7. The molecule has 2 aromatic heterocycles. The summed E-state index contributed by atoms with van der Waals surface area (Å²) in [5.74, 6) is 0.911. The number of anilines is 1. The summed E-state index contributed by atoms with van der Waals surface area (Å²) in [6.07, 6.45) is 5.02. The third-order valence-corrected chi connectivity index (χ3v) is 3.92. The zero-order valence-electron chi connectivity index (χ0n) is 11.8. The van der Waals surface area contributed by atoms with E-state index in [4.69, 9.17) is 11.6 Å². The SMILES string of the molecule is O=C(Nc1ccn(-c2ncccc2Cl)n1)N1CCC[C@@H]1CO. The molecule has 1 saturated heterocycles. The Morgan fingerprint density at radius 1 is 1.50 bits per heavy atom. The summed E-state index contributed by atoms with van der Waals surface area (Å²) in [7, 11) is 0. The van der Waals surface area contributed by atoms with Crippen molar-refractivity contribution < 1.29 is 9.90 Å². The van der Waals surface area contributed by atoms with Gasteiger partial charge in [0.1, 0.15) is 0 Å². The van der Waals surface area contributed by atoms with Crippen LogP contribution in [0.2, 0.25) is 5.02 Å². The molecular formula is C14H16ClN5O2. The Bertz CT molecular complexity index is 675. The number of hydrogen-bond acceptors (Lipinski definition) is 4. The molecule has 1 atom stereocenters. The molecular weight excluding hydrogens is 306 g/mol. The van der Waals surface area contributed by atoms with Gasteiger partial charge in [-0.25, -0.2) is 14.5 Å². The number of hydrogen-bond donors (Lipinski definition) is 2. The molecule has 8 heteroatoms. The molecule has 0 aromatic carbocycles. The Balaban J connectivity index is 1.72. The van der Waals surface area contributed by atoms with Gasteiger partial charge in [0, 0.05) is 25.0 Å². The van der Waals surface area contributed by atoms with Crippen molar-refractivity contribution >= 4 is 23.4 Å². The highest BCUT2D eigenvalue weighted by molar-refractivity contribution is 6.32. The van der Waals surface area contributed by atoms with Crippen LogP contribution in [-0.2, 0) is 0 Å². The fraction of sp³-hybridized carbons (Fsp3) is 0.357. The second kappa shape index (κ2) is 6.33. The quantitative estimate of drug-likeness (QED) is 0.904. The first-order valence-electron chi connectivity index (χ1n) is 7.04. The van der Waals surface area contributed by atoms with Crippen LogP contribution in [0.5, 0.6) is 0 Å². The monoisotopic (exact) mass is 321 g/mol. The van der Waals surface area contributed by atoms with Gasteiger partial charge in [-0.15, -0.1) is 5.10 Å². The van der Waals surface area contributed by atoms with E-state index in [9.17, 15) is 9.90 Å². The van der Waals surface area contributed by atoms with Gasteiger partial charge in [-0.1, -0.05) is 11.6 Å². The van der Waals surface area contributed by atoms with E-state index in [2.05, 4.69) is 15.4 Å². The number of carbonyl (C=O) groups is 1. The smallest absolute Gasteiger partial charge is 0.323 e. The predicted molar refractivity (Wildman–Crippen MR) is 82.2 cm³/mol. The van der Waals surface area contributed by atoms with Gasteiger partial charge in [-0.2, -0.15) is 0 Å². The average Bonchev–Trinajstić information content (AvgIpc) is 3.16. The zero-order chi connectivity index (χ0) is 15.5. The van der Waals surface area contributed by atoms with Gasteiger partial charge in [0.05, 0.1) is 17.7 Å². The van der Waals surface area contributed by atoms with Crippen molar-refractivity contribution in [1.29, 1.82) is 0 Å². The lowest BCUT2D eigenvalue weighted by Crippen LogP contribution is -2.40. The van der Waals surface area contributed by atoms with E-state index >= 15 is 0 Å². The molecule has 1 fully saturated rings. The van der Waals surface area contributed by atoms with E-state index < -0.39 is 0 Å². The standard InChI is InChI=1S/C14H16ClN5O2/c15-11-4-1-6-16-13(11)20-8-5-12(18-20)17-14(22)19-7-2-3-10(19)9-21/h1,4-6,8,10,21H,2-3,7,9H2,(H,17,18,22)/t10-/m1/s1. The highest BCUT2D eigenvalue weighted by Crippen LogP contribution is 2.20. The number of aliphatic hydroxyl groups is 1. The van der Waals surface area contributed by atoms with Gasteiger partial charge in [0.2, 0.25) is 0 Å². The van der Waals surface area contributed by atoms with Crippen molar-refractivity contribution in [3.8, 4) is 5.82 Å². The van der Waals surface area contributed by atoms with Crippen molar-refractivity contribution in [3.05, 3.63) is 35.6 Å². The van der Waals surface area contributed by atoms with E-state index in [-0.39, 0.29) is 18.7 Å². The molecule has 0 spiro atoms. The summed E-state index contributed by atoms with van der Waals surface area (Å²) in [5, 5.41) is 16.7. The minimum absolute atomic E-state index is 0.0224. The first kappa shape index (κ1) is 14.8. The Kier molecular flexibility index (Phi) is 4.26. The van der Waals surface area contributed by atoms with Gasteiger partial charge in [0.25, 0.3) is 0 Å². The Morgan fingerprint density at radius 3 is 3.14 bits per heavy atom. The lowest BCUT2D eigenvalue weighted by atomic mass is 10.2. The summed E-state index contributed by atoms with van der Waals surface area (Å²) < 4.78 is 1.51. The number of amides is 2. The molecule has 0 bridgehead atoms. The fourth-order valence-electron chi connectivity index (χ4n) is 2.53. The summed E-state index contributed by atoms with van der Waals surface area (Å²) in [4.78, 5) is 18.0. The number of nitrogens with one attached hydrogen (secondary N) is 1. The van der Waals surface area contributed by atoms with Crippen LogP contribution in [0.15, 0.2) is 30.6 Å². The largest absolute Gasteiger partial charge is 0.394 e. The van der Waals surface area contributed by atoms with Gasteiger partial charge < -0.3 is 10.0 Å². The van der Waals surface area contributed by atoms with Crippen molar-refractivity contribution in [1.82, 2.24) is 19.7 Å². The normalized spacial score (nSPS) is 17.7. The maximum absolute atomic E-state index is 12.2. The molecule has 0 aliphatic carbocycles. The lowest BCUT2D eigenvalue weighted by molar-refractivity contribution is 0.166. The number of rotatable bonds is 3. The summed E-state index contributed by atoms with van der Waals surface area (Å²) in [5.41, 5.74) is 0. The second-order valence-electron chi connectivity index (χ2n) is 5.06. The van der Waals surface area contributed by atoms with E-state index in [1.54, 1.807) is 35.5 Å². The molecule has 0 saturated carbocycles. The third kappa shape index (κ3) is 2.90. The number of urea groups is 1. The lowest BCUT2D eigenvalue weighted by Gasteiger charge is -2.22. The van der Waals surface area contributed by atoms with Crippen LogP contribution in [-0.4, -0.2) is 50.0 Å². The molecule has 1 aliphatic heterocycles. The van der Waals surface area contributed by atoms with Crippen molar-refractivity contribution in [3.63, 3.8) is 0 Å². The highest BCUT2D eigenvalue weighted by atomic mass is 35.5. The Labute approximate surface area is 132 Å². The highest BCUT2D eigenvalue weighted by Gasteiger charge is 2.28. The van der Waals surface area contributed by atoms with Gasteiger partial charge in [-0.3, -0.25) is 5.32 Å². The van der Waals surface area contributed by atoms with Crippen molar-refractivity contribution in [2.75, 3.05) is 18.5 Å². The topological polar surface area (TPSA) is 83.3 Å². The molecule has 2 amide bonds. The van der Waals surface area contributed by atoms with Crippen LogP contribution < -0.4 is 5.32 Å². The van der Waals surface area contributed by atoms with Crippen LogP contribution in [0.4, 0.5) is 10.6 Å². The Morgan fingerprint density at radius 2 is 2.36 bits per heavy atom. The molecule has 2 N–H and O–H groups in total. The van der Waals surface area contributed by atoms with Crippen LogP contribution >= 0.6 is 11.6 Å². The van der Waals surface area contributed by atoms with Gasteiger partial charge >= 0.3 is 6.03 Å². The number of halogens is 1. The maximum atomic E-state index is 12.2. The van der Waals surface area contributed by atoms with Crippen molar-refractivity contribution in [2.24, 2.45) is 0 Å². The molecule has 2 aromatic rings. The van der Waals surface area contributed by atoms with Gasteiger partial charge in [-0.05, 0) is 25.0 Å². The third-order valence-electron chi connectivity index (χ3n) is 3.63. The number of aromatic nitrogens is 3. The summed E-state index contributed by atoms with van der Waals surface area (Å²) in [6.45, 7) is 0.620. The number of nitrogens with zero attached hydrogens (tertiary/aromatic N) is 4.